The summed E-state index contributed by atoms with van der Waals surface area (Å²) in [4.78, 5) is 21.1. The lowest BCUT2D eigenvalue weighted by Gasteiger charge is -2.38. The molecule has 0 aromatic carbocycles. The SMILES string of the molecule is C=CCOC(=O)N1C[C@H](O[Si](C)(C)C(C)(C)C)C[C@H]1C1=NCCN1C. The van der Waals surface area contributed by atoms with Gasteiger partial charge in [-0.2, -0.15) is 0 Å². The number of amidine groups is 1. The highest BCUT2D eigenvalue weighted by atomic mass is 28.4. The summed E-state index contributed by atoms with van der Waals surface area (Å²) < 4.78 is 11.9. The average molecular weight is 368 g/mol. The number of nitrogens with zero attached hydrogens (tertiary/aromatic N) is 3. The smallest absolute Gasteiger partial charge is 0.410 e. The number of amides is 1. The topological polar surface area (TPSA) is 54.4 Å². The molecule has 0 N–H and O–H groups in total. The fraction of sp³-hybridized carbons (Fsp3) is 0.778. The Morgan fingerprint density at radius 1 is 1.44 bits per heavy atom. The number of aliphatic imine (C=N–C) groups is 1. The van der Waals surface area contributed by atoms with Crippen LogP contribution in [0.2, 0.25) is 18.1 Å². The van der Waals surface area contributed by atoms with Gasteiger partial charge in [0.15, 0.2) is 8.32 Å². The summed E-state index contributed by atoms with van der Waals surface area (Å²) in [5.41, 5.74) is 0. The molecule has 2 aliphatic heterocycles. The first-order chi connectivity index (χ1) is 11.6. The minimum atomic E-state index is -1.89. The van der Waals surface area contributed by atoms with Crippen molar-refractivity contribution in [3.8, 4) is 0 Å². The average Bonchev–Trinajstić information content (AvgIpc) is 3.09. The molecule has 2 atom stereocenters. The molecule has 0 bridgehead atoms. The molecule has 142 valence electrons. The number of hydrogen-bond donors (Lipinski definition) is 0. The number of likely N-dealkylation sites (N-methyl/N-ethyl adjacent to an activating group) is 1. The van der Waals surface area contributed by atoms with Gasteiger partial charge in [-0.15, -0.1) is 0 Å². The van der Waals surface area contributed by atoms with Gasteiger partial charge in [0.1, 0.15) is 12.4 Å². The van der Waals surface area contributed by atoms with E-state index in [0.717, 1.165) is 25.3 Å². The van der Waals surface area contributed by atoms with Crippen molar-refractivity contribution in [3.05, 3.63) is 12.7 Å². The molecule has 25 heavy (non-hydrogen) atoms. The molecule has 6 nitrogen and oxygen atoms in total. The molecule has 1 fully saturated rings. The molecule has 2 rings (SSSR count). The second-order valence-electron chi connectivity index (χ2n) is 8.43. The third-order valence-electron chi connectivity index (χ3n) is 5.49. The molecular formula is C18H33N3O3Si. The molecule has 1 amide bonds. The third kappa shape index (κ3) is 4.44. The molecule has 0 aromatic heterocycles. The van der Waals surface area contributed by atoms with Gasteiger partial charge in [0.05, 0.1) is 18.7 Å². The van der Waals surface area contributed by atoms with Crippen molar-refractivity contribution in [2.45, 2.75) is 57.5 Å². The molecule has 0 spiro atoms. The van der Waals surface area contributed by atoms with E-state index in [0.29, 0.717) is 6.54 Å². The predicted octanol–water partition coefficient (Wildman–Crippen LogP) is 3.12. The molecule has 0 radical (unpaired) electrons. The second-order valence-corrected chi connectivity index (χ2v) is 13.2. The first-order valence-corrected chi connectivity index (χ1v) is 11.9. The predicted molar refractivity (Wildman–Crippen MR) is 104 cm³/mol. The Morgan fingerprint density at radius 2 is 2.12 bits per heavy atom. The van der Waals surface area contributed by atoms with E-state index in [9.17, 15) is 4.79 Å². The van der Waals surface area contributed by atoms with Crippen LogP contribution in [0.15, 0.2) is 17.6 Å². The minimum absolute atomic E-state index is 0.0267. The van der Waals surface area contributed by atoms with Crippen LogP contribution in [-0.2, 0) is 9.16 Å². The number of ether oxygens (including phenoxy) is 1. The third-order valence-corrected chi connectivity index (χ3v) is 10.0. The first-order valence-electron chi connectivity index (χ1n) is 9.04. The van der Waals surface area contributed by atoms with Crippen LogP contribution in [-0.4, -0.2) is 75.5 Å². The summed E-state index contributed by atoms with van der Waals surface area (Å²) in [7, 11) is 0.135. The molecule has 0 unspecified atom stereocenters. The number of hydrogen-bond acceptors (Lipinski definition) is 5. The van der Waals surface area contributed by atoms with Crippen molar-refractivity contribution in [2.75, 3.05) is 33.3 Å². The van der Waals surface area contributed by atoms with Crippen molar-refractivity contribution in [1.82, 2.24) is 9.80 Å². The zero-order valence-electron chi connectivity index (χ0n) is 16.5. The fourth-order valence-electron chi connectivity index (χ4n) is 3.05. The van der Waals surface area contributed by atoms with Gasteiger partial charge in [0.2, 0.25) is 0 Å². The number of rotatable bonds is 5. The Bertz CT molecular complexity index is 542. The van der Waals surface area contributed by atoms with Crippen molar-refractivity contribution in [1.29, 1.82) is 0 Å². The van der Waals surface area contributed by atoms with Crippen molar-refractivity contribution in [2.24, 2.45) is 4.99 Å². The second kappa shape index (κ2) is 7.49. The van der Waals surface area contributed by atoms with Gasteiger partial charge in [-0.3, -0.25) is 9.89 Å². The number of carbonyl (C=O) groups excluding carboxylic acids is 1. The standard InChI is InChI=1S/C18H33N3O3Si/c1-8-11-23-17(22)21-13-14(24-25(6,7)18(2,3)4)12-15(21)16-19-9-10-20(16)5/h8,14-15H,1,9-13H2,2-7H3/t14-,15+/m1/s1. The van der Waals surface area contributed by atoms with E-state index >= 15 is 0 Å². The highest BCUT2D eigenvalue weighted by Crippen LogP contribution is 2.39. The molecule has 0 saturated carbocycles. The van der Waals surface area contributed by atoms with Crippen LogP contribution in [0.4, 0.5) is 4.79 Å². The van der Waals surface area contributed by atoms with E-state index in [4.69, 9.17) is 9.16 Å². The Labute approximate surface area is 153 Å². The van der Waals surface area contributed by atoms with Gasteiger partial charge >= 0.3 is 6.09 Å². The van der Waals surface area contributed by atoms with Crippen LogP contribution in [0.1, 0.15) is 27.2 Å². The lowest BCUT2D eigenvalue weighted by molar-refractivity contribution is 0.108. The maximum Gasteiger partial charge on any atom is 0.410 e. The maximum atomic E-state index is 12.5. The normalized spacial score (nSPS) is 24.5. The molecule has 7 heteroatoms. The highest BCUT2D eigenvalue weighted by molar-refractivity contribution is 6.74. The summed E-state index contributed by atoms with van der Waals surface area (Å²) in [5, 5.41) is 0.140. The van der Waals surface area contributed by atoms with Gasteiger partial charge in [-0.05, 0) is 18.1 Å². The molecule has 1 saturated heterocycles. The van der Waals surface area contributed by atoms with Crippen LogP contribution < -0.4 is 0 Å². The Kier molecular flexibility index (Phi) is 5.99. The number of likely N-dealkylation sites (tertiary alicyclic amines) is 1. The zero-order chi connectivity index (χ0) is 18.8. The number of carbonyl (C=O) groups is 1. The maximum absolute atomic E-state index is 12.5. The summed E-state index contributed by atoms with van der Waals surface area (Å²) in [6.45, 7) is 17.3. The van der Waals surface area contributed by atoms with E-state index in [1.54, 1.807) is 11.0 Å². The highest BCUT2D eigenvalue weighted by Gasteiger charge is 2.46. The molecular weight excluding hydrogens is 334 g/mol. The van der Waals surface area contributed by atoms with Gasteiger partial charge < -0.3 is 14.1 Å². The first kappa shape index (κ1) is 20.0. The zero-order valence-corrected chi connectivity index (χ0v) is 17.5. The van der Waals surface area contributed by atoms with E-state index < -0.39 is 8.32 Å². The van der Waals surface area contributed by atoms with Crippen LogP contribution >= 0.6 is 0 Å². The minimum Gasteiger partial charge on any atom is -0.445 e. The summed E-state index contributed by atoms with van der Waals surface area (Å²) in [6, 6.07) is -0.0698. The Hall–Kier alpha value is -1.34. The van der Waals surface area contributed by atoms with Crippen LogP contribution in [0, 0.1) is 0 Å². The van der Waals surface area contributed by atoms with Crippen molar-refractivity contribution < 1.29 is 14.0 Å². The molecule has 0 aromatic rings. The van der Waals surface area contributed by atoms with E-state index in [1.165, 1.54) is 0 Å². The monoisotopic (exact) mass is 367 g/mol. The van der Waals surface area contributed by atoms with Gasteiger partial charge in [-0.1, -0.05) is 33.4 Å². The quantitative estimate of drug-likeness (QED) is 0.553. The fourth-order valence-corrected chi connectivity index (χ4v) is 4.40. The van der Waals surface area contributed by atoms with Crippen LogP contribution in [0.5, 0.6) is 0 Å². The van der Waals surface area contributed by atoms with Crippen LogP contribution in [0.25, 0.3) is 0 Å². The summed E-state index contributed by atoms with van der Waals surface area (Å²) in [5.74, 6) is 0.969. The van der Waals surface area contributed by atoms with Gasteiger partial charge in [0.25, 0.3) is 0 Å². The lowest BCUT2D eigenvalue weighted by Crippen LogP contribution is -2.45. The van der Waals surface area contributed by atoms with Crippen LogP contribution in [0.3, 0.4) is 0 Å². The van der Waals surface area contributed by atoms with Gasteiger partial charge in [0, 0.05) is 26.6 Å². The Morgan fingerprint density at radius 3 is 2.64 bits per heavy atom. The Balaban J connectivity index is 2.16. The van der Waals surface area contributed by atoms with E-state index in [2.05, 4.69) is 50.3 Å². The molecule has 0 aliphatic carbocycles. The lowest BCUT2D eigenvalue weighted by atomic mass is 10.2. The van der Waals surface area contributed by atoms with Crippen molar-refractivity contribution >= 4 is 20.2 Å². The van der Waals surface area contributed by atoms with Crippen molar-refractivity contribution in [3.63, 3.8) is 0 Å². The molecule has 2 aliphatic rings. The van der Waals surface area contributed by atoms with E-state index in [-0.39, 0.29) is 29.9 Å². The summed E-state index contributed by atoms with van der Waals surface area (Å²) >= 11 is 0. The van der Waals surface area contributed by atoms with Gasteiger partial charge in [-0.25, -0.2) is 4.79 Å². The molecule has 2 heterocycles. The largest absolute Gasteiger partial charge is 0.445 e. The summed E-state index contributed by atoms with van der Waals surface area (Å²) in [6.07, 6.45) is 2.08. The van der Waals surface area contributed by atoms with E-state index in [1.807, 2.05) is 7.05 Å².